The molecule has 2 aromatic heterocycles. The van der Waals surface area contributed by atoms with Gasteiger partial charge in [0.05, 0.1) is 13.3 Å². The van der Waals surface area contributed by atoms with Gasteiger partial charge in [-0.15, -0.1) is 0 Å². The normalized spacial score (nSPS) is 11.3. The predicted octanol–water partition coefficient (Wildman–Crippen LogP) is 2.81. The number of rotatable bonds is 3. The molecule has 0 aromatic carbocycles. The Morgan fingerprint density at radius 3 is 2.65 bits per heavy atom. The van der Waals surface area contributed by atoms with Crippen molar-refractivity contribution in [3.63, 3.8) is 0 Å². The molecule has 2 rings (SSSR count). The molecule has 0 saturated heterocycles. The monoisotopic (exact) mass is 321 g/mol. The van der Waals surface area contributed by atoms with Crippen LogP contribution in [0.5, 0.6) is 0 Å². The third-order valence-corrected chi connectivity index (χ3v) is 2.87. The van der Waals surface area contributed by atoms with Crippen molar-refractivity contribution in [1.82, 2.24) is 10.0 Å². The second-order valence-corrected chi connectivity index (χ2v) is 5.79. The number of furan rings is 1. The van der Waals surface area contributed by atoms with E-state index < -0.39 is 17.6 Å². The summed E-state index contributed by atoms with van der Waals surface area (Å²) in [6, 6.07) is 1.63. The molecule has 1 N–H and O–H groups in total. The van der Waals surface area contributed by atoms with Crippen molar-refractivity contribution in [3.8, 4) is 0 Å². The van der Waals surface area contributed by atoms with E-state index in [-0.39, 0.29) is 11.4 Å². The van der Waals surface area contributed by atoms with Crippen LogP contribution in [0.25, 0.3) is 11.0 Å². The molecule has 124 valence electrons. The third kappa shape index (κ3) is 3.78. The Kier molecular flexibility index (Phi) is 4.55. The molecule has 2 heterocycles. The summed E-state index contributed by atoms with van der Waals surface area (Å²) in [6.45, 7) is 5.23. The van der Waals surface area contributed by atoms with Gasteiger partial charge in [0.25, 0.3) is 0 Å². The lowest BCUT2D eigenvalue weighted by Gasteiger charge is -2.20. The zero-order chi connectivity index (χ0) is 17.2. The Bertz CT molecular complexity index is 732. The topological polar surface area (TPSA) is 93.9 Å². The quantitative estimate of drug-likeness (QED) is 0.874. The van der Waals surface area contributed by atoms with Crippen molar-refractivity contribution in [2.45, 2.75) is 26.4 Å². The Morgan fingerprint density at radius 2 is 2.04 bits per heavy atom. The van der Waals surface area contributed by atoms with Gasteiger partial charge in [0.1, 0.15) is 11.3 Å². The average Bonchev–Trinajstić information content (AvgIpc) is 2.82. The Balaban J connectivity index is 2.43. The fourth-order valence-corrected chi connectivity index (χ4v) is 1.86. The number of hydroxylamine groups is 2. The maximum Gasteiger partial charge on any atom is 0.412 e. The van der Waals surface area contributed by atoms with Gasteiger partial charge in [0, 0.05) is 18.6 Å². The van der Waals surface area contributed by atoms with E-state index in [0.717, 1.165) is 5.06 Å². The van der Waals surface area contributed by atoms with E-state index in [9.17, 15) is 9.59 Å². The lowest BCUT2D eigenvalue weighted by molar-refractivity contribution is -0.0771. The first kappa shape index (κ1) is 16.8. The van der Waals surface area contributed by atoms with E-state index in [1.165, 1.54) is 26.6 Å². The first-order valence-corrected chi connectivity index (χ1v) is 6.91. The SMILES string of the molecule is CON(C)C(=O)c1oc2cnccc2c1NC(=O)OC(C)(C)C. The van der Waals surface area contributed by atoms with Crippen molar-refractivity contribution < 1.29 is 23.6 Å². The molecule has 0 aliphatic carbocycles. The summed E-state index contributed by atoms with van der Waals surface area (Å²) < 4.78 is 10.7. The summed E-state index contributed by atoms with van der Waals surface area (Å²) in [7, 11) is 2.79. The fraction of sp³-hybridized carbons (Fsp3) is 0.400. The summed E-state index contributed by atoms with van der Waals surface area (Å²) in [5, 5.41) is 4.10. The number of pyridine rings is 1. The highest BCUT2D eigenvalue weighted by atomic mass is 16.7. The molecule has 0 saturated carbocycles. The molecule has 0 radical (unpaired) electrons. The second kappa shape index (κ2) is 6.25. The largest absolute Gasteiger partial charge is 0.447 e. The van der Waals surface area contributed by atoms with Gasteiger partial charge in [-0.1, -0.05) is 0 Å². The number of carbonyl (C=O) groups is 2. The van der Waals surface area contributed by atoms with Crippen LogP contribution in [0.15, 0.2) is 22.9 Å². The van der Waals surface area contributed by atoms with E-state index in [1.54, 1.807) is 26.8 Å². The van der Waals surface area contributed by atoms with Crippen LogP contribution in [0.1, 0.15) is 31.3 Å². The van der Waals surface area contributed by atoms with Crippen molar-refractivity contribution >= 4 is 28.7 Å². The second-order valence-electron chi connectivity index (χ2n) is 5.79. The van der Waals surface area contributed by atoms with Crippen LogP contribution in [0.4, 0.5) is 10.5 Å². The lowest BCUT2D eigenvalue weighted by Crippen LogP contribution is -2.29. The first-order valence-electron chi connectivity index (χ1n) is 6.91. The van der Waals surface area contributed by atoms with E-state index in [1.807, 2.05) is 0 Å². The van der Waals surface area contributed by atoms with Crippen molar-refractivity contribution in [1.29, 1.82) is 0 Å². The third-order valence-electron chi connectivity index (χ3n) is 2.87. The number of anilines is 1. The van der Waals surface area contributed by atoms with Crippen LogP contribution in [0, 0.1) is 0 Å². The van der Waals surface area contributed by atoms with Gasteiger partial charge in [0.2, 0.25) is 5.76 Å². The van der Waals surface area contributed by atoms with Crippen molar-refractivity contribution in [2.75, 3.05) is 19.5 Å². The maximum absolute atomic E-state index is 12.3. The van der Waals surface area contributed by atoms with E-state index in [0.29, 0.717) is 11.0 Å². The summed E-state index contributed by atoms with van der Waals surface area (Å²) >= 11 is 0. The van der Waals surface area contributed by atoms with Gasteiger partial charge in [-0.3, -0.25) is 19.9 Å². The highest BCUT2D eigenvalue weighted by Gasteiger charge is 2.26. The smallest absolute Gasteiger partial charge is 0.412 e. The molecule has 2 aromatic rings. The van der Waals surface area contributed by atoms with Crippen molar-refractivity contribution in [3.05, 3.63) is 24.2 Å². The Hall–Kier alpha value is -2.61. The van der Waals surface area contributed by atoms with Gasteiger partial charge >= 0.3 is 12.0 Å². The maximum atomic E-state index is 12.3. The van der Waals surface area contributed by atoms with Crippen LogP contribution in [-0.4, -0.2) is 41.8 Å². The summed E-state index contributed by atoms with van der Waals surface area (Å²) in [6.07, 6.45) is 2.30. The minimum Gasteiger partial charge on any atom is -0.447 e. The highest BCUT2D eigenvalue weighted by molar-refractivity contribution is 6.09. The van der Waals surface area contributed by atoms with Crippen LogP contribution in [-0.2, 0) is 9.57 Å². The number of nitrogens with one attached hydrogen (secondary N) is 1. The molecule has 0 spiro atoms. The van der Waals surface area contributed by atoms with Crippen LogP contribution >= 0.6 is 0 Å². The van der Waals surface area contributed by atoms with E-state index in [4.69, 9.17) is 14.0 Å². The number of hydrogen-bond donors (Lipinski definition) is 1. The Labute approximate surface area is 133 Å². The van der Waals surface area contributed by atoms with Gasteiger partial charge in [0.15, 0.2) is 5.58 Å². The van der Waals surface area contributed by atoms with Crippen LogP contribution in [0.2, 0.25) is 0 Å². The molecule has 8 nitrogen and oxygen atoms in total. The van der Waals surface area contributed by atoms with Gasteiger partial charge in [-0.2, -0.15) is 0 Å². The number of carbonyl (C=O) groups excluding carboxylic acids is 2. The first-order chi connectivity index (χ1) is 10.7. The van der Waals surface area contributed by atoms with E-state index >= 15 is 0 Å². The highest BCUT2D eigenvalue weighted by Crippen LogP contribution is 2.31. The molecule has 0 bridgehead atoms. The minimum atomic E-state index is -0.689. The summed E-state index contributed by atoms with van der Waals surface area (Å²) in [4.78, 5) is 33.2. The number of hydrogen-bond acceptors (Lipinski definition) is 6. The van der Waals surface area contributed by atoms with E-state index in [2.05, 4.69) is 10.3 Å². The molecular weight excluding hydrogens is 302 g/mol. The molecule has 23 heavy (non-hydrogen) atoms. The van der Waals surface area contributed by atoms with Crippen LogP contribution in [0.3, 0.4) is 0 Å². The summed E-state index contributed by atoms with van der Waals surface area (Å²) in [5.41, 5.74) is -0.0875. The molecule has 0 fully saturated rings. The lowest BCUT2D eigenvalue weighted by atomic mass is 10.2. The molecular formula is C15H19N3O5. The molecule has 0 aliphatic heterocycles. The number of amides is 2. The summed E-state index contributed by atoms with van der Waals surface area (Å²) in [5.74, 6) is -0.613. The van der Waals surface area contributed by atoms with Crippen LogP contribution < -0.4 is 5.32 Å². The number of ether oxygens (including phenoxy) is 1. The average molecular weight is 321 g/mol. The van der Waals surface area contributed by atoms with Crippen molar-refractivity contribution in [2.24, 2.45) is 0 Å². The molecule has 0 aliphatic rings. The number of nitrogens with zero attached hydrogens (tertiary/aromatic N) is 2. The van der Waals surface area contributed by atoms with Gasteiger partial charge < -0.3 is 9.15 Å². The zero-order valence-electron chi connectivity index (χ0n) is 13.7. The van der Waals surface area contributed by atoms with Gasteiger partial charge in [-0.25, -0.2) is 9.86 Å². The minimum absolute atomic E-state index is 0.0665. The molecule has 2 amide bonds. The Morgan fingerprint density at radius 1 is 1.35 bits per heavy atom. The number of aromatic nitrogens is 1. The predicted molar refractivity (Wildman–Crippen MR) is 83.0 cm³/mol. The molecule has 0 unspecified atom stereocenters. The standard InChI is InChI=1S/C15H19N3O5/c1-15(2,3)23-14(20)17-11-9-6-7-16-8-10(9)22-12(11)13(19)18(4)21-5/h6-8H,1-5H3,(H,17,20). The van der Waals surface area contributed by atoms with Gasteiger partial charge in [-0.05, 0) is 26.8 Å². The number of fused-ring (bicyclic) bond motifs is 1. The molecule has 0 atom stereocenters. The fourth-order valence-electron chi connectivity index (χ4n) is 1.86. The molecule has 8 heteroatoms. The zero-order valence-corrected chi connectivity index (χ0v) is 13.7.